The number of alkyl carbamates (subject to hydrolysis) is 1. The summed E-state index contributed by atoms with van der Waals surface area (Å²) < 4.78 is 36.2. The molecule has 0 aromatic carbocycles. The average molecular weight is 550 g/mol. The summed E-state index contributed by atoms with van der Waals surface area (Å²) in [5, 5.41) is 5.88. The Labute approximate surface area is 224 Å². The predicted octanol–water partition coefficient (Wildman–Crippen LogP) is 4.33. The Balaban J connectivity index is 1.66. The van der Waals surface area contributed by atoms with Crippen LogP contribution in [0, 0.1) is 5.82 Å². The molecular formula is C25H32FN5O6S. The Kier molecular flexibility index (Phi) is 7.62. The molecule has 3 amide bonds. The van der Waals surface area contributed by atoms with Crippen LogP contribution in [0.3, 0.4) is 0 Å². The van der Waals surface area contributed by atoms with E-state index in [2.05, 4.69) is 20.0 Å². The summed E-state index contributed by atoms with van der Waals surface area (Å²) in [5.41, 5.74) is -1.28. The standard InChI is InChI=1S/C25H32FN5O6S/c1-24(2,3)36-22(33)29-15-12-35-10-8-14(15)28-20-18(26)13-11-31(23(34)37-25(4,5)6)21(32)17(13)19(30-20)16-7-9-27-38-16/h7,9,14-15H,8,10-12H2,1-6H3,(H,28,30)(H,29,33). The predicted molar refractivity (Wildman–Crippen MR) is 137 cm³/mol. The van der Waals surface area contributed by atoms with Crippen LogP contribution >= 0.6 is 11.5 Å². The van der Waals surface area contributed by atoms with Crippen molar-refractivity contribution >= 4 is 35.4 Å². The van der Waals surface area contributed by atoms with Gasteiger partial charge in [-0.2, -0.15) is 0 Å². The van der Waals surface area contributed by atoms with Gasteiger partial charge in [0.05, 0.1) is 41.4 Å². The second-order valence-electron chi connectivity index (χ2n) is 11.1. The summed E-state index contributed by atoms with van der Waals surface area (Å²) in [5.74, 6) is -1.55. The number of carbonyl (C=O) groups is 3. The molecule has 38 heavy (non-hydrogen) atoms. The zero-order valence-corrected chi connectivity index (χ0v) is 23.0. The normalized spacial score (nSPS) is 19.7. The fraction of sp³-hybridized carbons (Fsp3) is 0.560. The third-order valence-corrected chi connectivity index (χ3v) is 6.43. The molecule has 2 atom stereocenters. The summed E-state index contributed by atoms with van der Waals surface area (Å²) in [6.07, 6.45) is 0.520. The lowest BCUT2D eigenvalue weighted by Gasteiger charge is -2.33. The zero-order valence-electron chi connectivity index (χ0n) is 22.2. The monoisotopic (exact) mass is 549 g/mol. The molecule has 0 saturated carbocycles. The quantitative estimate of drug-likeness (QED) is 0.572. The van der Waals surface area contributed by atoms with E-state index in [4.69, 9.17) is 14.2 Å². The smallest absolute Gasteiger partial charge is 0.417 e. The first-order valence-electron chi connectivity index (χ1n) is 12.3. The van der Waals surface area contributed by atoms with Crippen LogP contribution in [0.25, 0.3) is 10.6 Å². The highest BCUT2D eigenvalue weighted by Gasteiger charge is 2.41. The molecule has 1 saturated heterocycles. The molecule has 1 fully saturated rings. The molecule has 0 spiro atoms. The number of imide groups is 1. The number of nitrogens with one attached hydrogen (secondary N) is 2. The summed E-state index contributed by atoms with van der Waals surface area (Å²) in [4.78, 5) is 44.3. The molecular weight excluding hydrogens is 517 g/mol. The number of anilines is 1. The Bertz CT molecular complexity index is 1220. The minimum absolute atomic E-state index is 0.00133. The van der Waals surface area contributed by atoms with Crippen LogP contribution in [0.2, 0.25) is 0 Å². The minimum Gasteiger partial charge on any atom is -0.444 e. The van der Waals surface area contributed by atoms with Crippen molar-refractivity contribution in [3.63, 3.8) is 0 Å². The van der Waals surface area contributed by atoms with Crippen molar-refractivity contribution in [2.45, 2.75) is 77.8 Å². The zero-order chi connectivity index (χ0) is 27.8. The van der Waals surface area contributed by atoms with E-state index in [9.17, 15) is 14.4 Å². The topological polar surface area (TPSA) is 132 Å². The highest BCUT2D eigenvalue weighted by molar-refractivity contribution is 7.09. The molecule has 0 radical (unpaired) electrons. The number of hydrogen-bond donors (Lipinski definition) is 2. The van der Waals surface area contributed by atoms with Crippen molar-refractivity contribution in [1.29, 1.82) is 0 Å². The molecule has 4 rings (SSSR count). The number of aromatic nitrogens is 2. The van der Waals surface area contributed by atoms with E-state index in [1.54, 1.807) is 53.8 Å². The van der Waals surface area contributed by atoms with E-state index in [1.807, 2.05) is 0 Å². The van der Waals surface area contributed by atoms with E-state index in [0.717, 1.165) is 16.4 Å². The third kappa shape index (κ3) is 6.21. The molecule has 2 aromatic heterocycles. The SMILES string of the molecule is CC(C)(C)OC(=O)NC1COCCC1Nc1nc(-c2ccns2)c2c(c1F)CN(C(=O)OC(C)(C)C)C2=O. The molecule has 2 N–H and O–H groups in total. The van der Waals surface area contributed by atoms with Crippen molar-refractivity contribution in [2.75, 3.05) is 18.5 Å². The van der Waals surface area contributed by atoms with Crippen LogP contribution in [0.1, 0.15) is 63.9 Å². The van der Waals surface area contributed by atoms with Gasteiger partial charge < -0.3 is 24.8 Å². The number of hydrogen-bond acceptors (Lipinski definition) is 10. The van der Waals surface area contributed by atoms with Gasteiger partial charge in [0.25, 0.3) is 5.91 Å². The van der Waals surface area contributed by atoms with Gasteiger partial charge in [-0.3, -0.25) is 4.79 Å². The first-order valence-corrected chi connectivity index (χ1v) is 13.0. The summed E-state index contributed by atoms with van der Waals surface area (Å²) in [6, 6.07) is 0.698. The van der Waals surface area contributed by atoms with Crippen molar-refractivity contribution in [3.05, 3.63) is 29.2 Å². The van der Waals surface area contributed by atoms with Gasteiger partial charge in [0.15, 0.2) is 11.6 Å². The number of halogens is 1. The van der Waals surface area contributed by atoms with Gasteiger partial charge >= 0.3 is 12.2 Å². The van der Waals surface area contributed by atoms with E-state index in [-0.39, 0.29) is 35.8 Å². The first kappa shape index (κ1) is 27.7. The molecule has 2 aliphatic rings. The molecule has 0 aliphatic carbocycles. The molecule has 2 aliphatic heterocycles. The molecule has 2 aromatic rings. The van der Waals surface area contributed by atoms with E-state index >= 15 is 4.39 Å². The fourth-order valence-electron chi connectivity index (χ4n) is 4.12. The van der Waals surface area contributed by atoms with E-state index < -0.39 is 47.2 Å². The number of fused-ring (bicyclic) bond motifs is 1. The maximum absolute atomic E-state index is 15.9. The molecule has 0 bridgehead atoms. The number of ether oxygens (including phenoxy) is 3. The molecule has 11 nitrogen and oxygen atoms in total. The highest BCUT2D eigenvalue weighted by atomic mass is 32.1. The lowest BCUT2D eigenvalue weighted by Crippen LogP contribution is -2.53. The van der Waals surface area contributed by atoms with Crippen LogP contribution < -0.4 is 10.6 Å². The summed E-state index contributed by atoms with van der Waals surface area (Å²) in [6.45, 7) is 10.6. The second kappa shape index (κ2) is 10.4. The van der Waals surface area contributed by atoms with Gasteiger partial charge in [0.2, 0.25) is 0 Å². The number of pyridine rings is 1. The van der Waals surface area contributed by atoms with Crippen LogP contribution in [0.5, 0.6) is 0 Å². The number of carbonyl (C=O) groups excluding carboxylic acids is 3. The van der Waals surface area contributed by atoms with Crippen molar-refractivity contribution in [1.82, 2.24) is 19.6 Å². The summed E-state index contributed by atoms with van der Waals surface area (Å²) in [7, 11) is 0. The van der Waals surface area contributed by atoms with Crippen molar-refractivity contribution in [3.8, 4) is 10.6 Å². The van der Waals surface area contributed by atoms with E-state index in [1.165, 1.54) is 0 Å². The van der Waals surface area contributed by atoms with Crippen LogP contribution in [0.15, 0.2) is 12.3 Å². The molecule has 2 unspecified atom stereocenters. The van der Waals surface area contributed by atoms with Crippen LogP contribution in [-0.2, 0) is 20.8 Å². The van der Waals surface area contributed by atoms with E-state index in [0.29, 0.717) is 17.9 Å². The fourth-order valence-corrected chi connectivity index (χ4v) is 4.71. The van der Waals surface area contributed by atoms with Crippen molar-refractivity contribution in [2.24, 2.45) is 0 Å². The average Bonchev–Trinajstić information content (AvgIpc) is 3.43. The Morgan fingerprint density at radius 2 is 1.87 bits per heavy atom. The maximum Gasteiger partial charge on any atom is 0.417 e. The highest BCUT2D eigenvalue weighted by Crippen LogP contribution is 2.38. The number of amides is 3. The van der Waals surface area contributed by atoms with Gasteiger partial charge in [-0.25, -0.2) is 28.2 Å². The second-order valence-corrected chi connectivity index (χ2v) is 11.9. The molecule has 206 valence electrons. The maximum atomic E-state index is 15.9. The van der Waals surface area contributed by atoms with Gasteiger partial charge in [0, 0.05) is 18.4 Å². The number of nitrogens with zero attached hydrogens (tertiary/aromatic N) is 3. The molecule has 13 heteroatoms. The van der Waals surface area contributed by atoms with Gasteiger partial charge in [0.1, 0.15) is 11.2 Å². The Hall–Kier alpha value is -3.32. The first-order chi connectivity index (χ1) is 17.7. The van der Waals surface area contributed by atoms with Gasteiger partial charge in [-0.05, 0) is 65.6 Å². The largest absolute Gasteiger partial charge is 0.444 e. The Morgan fingerprint density at radius 3 is 2.50 bits per heavy atom. The van der Waals surface area contributed by atoms with Crippen LogP contribution in [-0.4, -0.2) is 68.9 Å². The lowest BCUT2D eigenvalue weighted by molar-refractivity contribution is 0.0246. The van der Waals surface area contributed by atoms with Gasteiger partial charge in [-0.15, -0.1) is 0 Å². The van der Waals surface area contributed by atoms with Crippen LogP contribution in [0.4, 0.5) is 19.8 Å². The van der Waals surface area contributed by atoms with Gasteiger partial charge in [-0.1, -0.05) is 0 Å². The molecule has 4 heterocycles. The lowest BCUT2D eigenvalue weighted by atomic mass is 10.0. The minimum atomic E-state index is -0.867. The van der Waals surface area contributed by atoms with Crippen molar-refractivity contribution < 1.29 is 33.0 Å². The Morgan fingerprint density at radius 1 is 1.16 bits per heavy atom. The summed E-state index contributed by atoms with van der Waals surface area (Å²) >= 11 is 1.10. The third-order valence-electron chi connectivity index (χ3n) is 5.68. The number of rotatable bonds is 4.